The zero-order valence-electron chi connectivity index (χ0n) is 12.5. The first-order valence-electron chi connectivity index (χ1n) is 7.43. The van der Waals surface area contributed by atoms with Crippen LogP contribution in [0.2, 0.25) is 0 Å². The van der Waals surface area contributed by atoms with Crippen molar-refractivity contribution in [3.8, 4) is 0 Å². The molecule has 0 spiro atoms. The Kier molecular flexibility index (Phi) is 5.75. The molecule has 1 aliphatic heterocycles. The average Bonchev–Trinajstić information content (AvgIpc) is 2.73. The molecule has 0 radical (unpaired) electrons. The molecule has 1 unspecified atom stereocenters. The minimum Gasteiger partial charge on any atom is -0.395 e. The molecule has 6 heteroatoms. The lowest BCUT2D eigenvalue weighted by Gasteiger charge is -2.31. The summed E-state index contributed by atoms with van der Waals surface area (Å²) in [4.78, 5) is 0. The van der Waals surface area contributed by atoms with Gasteiger partial charge >= 0.3 is 0 Å². The van der Waals surface area contributed by atoms with E-state index < -0.39 is 10.2 Å². The molecule has 1 atom stereocenters. The van der Waals surface area contributed by atoms with Crippen molar-refractivity contribution in [2.45, 2.75) is 38.3 Å². The highest BCUT2D eigenvalue weighted by Crippen LogP contribution is 2.22. The molecule has 0 aromatic heterocycles. The monoisotopic (exact) mass is 312 g/mol. The molecular formula is C15H24N2O3S. The Morgan fingerprint density at radius 1 is 1.24 bits per heavy atom. The molecule has 1 saturated heterocycles. The van der Waals surface area contributed by atoms with Crippen LogP contribution in [0.25, 0.3) is 0 Å². The summed E-state index contributed by atoms with van der Waals surface area (Å²) < 4.78 is 28.4. The van der Waals surface area contributed by atoms with E-state index in [9.17, 15) is 13.5 Å². The Bertz CT molecular complexity index is 533. The molecule has 118 valence electrons. The topological polar surface area (TPSA) is 60.9 Å². The fraction of sp³-hybridized carbons (Fsp3) is 0.600. The van der Waals surface area contributed by atoms with Crippen LogP contribution in [0.5, 0.6) is 0 Å². The smallest absolute Gasteiger partial charge is 0.282 e. The fourth-order valence-electron chi connectivity index (χ4n) is 2.74. The molecule has 1 fully saturated rings. The van der Waals surface area contributed by atoms with E-state index in [1.54, 1.807) is 7.05 Å². The zero-order valence-corrected chi connectivity index (χ0v) is 13.3. The zero-order chi connectivity index (χ0) is 15.3. The van der Waals surface area contributed by atoms with Crippen LogP contribution in [0.1, 0.15) is 31.2 Å². The van der Waals surface area contributed by atoms with E-state index >= 15 is 0 Å². The first-order valence-corrected chi connectivity index (χ1v) is 8.83. The van der Waals surface area contributed by atoms with Gasteiger partial charge in [-0.05, 0) is 18.4 Å². The van der Waals surface area contributed by atoms with Crippen molar-refractivity contribution in [1.82, 2.24) is 8.61 Å². The Morgan fingerprint density at radius 2 is 1.95 bits per heavy atom. The van der Waals surface area contributed by atoms with Crippen molar-refractivity contribution in [3.05, 3.63) is 35.9 Å². The van der Waals surface area contributed by atoms with Gasteiger partial charge in [0, 0.05) is 26.2 Å². The van der Waals surface area contributed by atoms with Gasteiger partial charge in [0.1, 0.15) is 0 Å². The number of hydrogen-bond donors (Lipinski definition) is 1. The highest BCUT2D eigenvalue weighted by Gasteiger charge is 2.33. The molecule has 0 amide bonds. The third-order valence-corrected chi connectivity index (χ3v) is 5.96. The number of nitrogens with zero attached hydrogens (tertiary/aromatic N) is 2. The van der Waals surface area contributed by atoms with E-state index in [0.29, 0.717) is 13.1 Å². The first kappa shape index (κ1) is 16.4. The van der Waals surface area contributed by atoms with E-state index in [1.807, 2.05) is 30.3 Å². The van der Waals surface area contributed by atoms with Crippen LogP contribution >= 0.6 is 0 Å². The second-order valence-corrected chi connectivity index (χ2v) is 7.53. The van der Waals surface area contributed by atoms with Crippen molar-refractivity contribution >= 4 is 10.2 Å². The van der Waals surface area contributed by atoms with E-state index in [4.69, 9.17) is 0 Å². The highest BCUT2D eigenvalue weighted by molar-refractivity contribution is 7.86. The van der Waals surface area contributed by atoms with Gasteiger partial charge in [-0.3, -0.25) is 0 Å². The van der Waals surface area contributed by atoms with Gasteiger partial charge < -0.3 is 5.11 Å². The maximum atomic E-state index is 12.8. The lowest BCUT2D eigenvalue weighted by Crippen LogP contribution is -2.48. The van der Waals surface area contributed by atoms with Gasteiger partial charge in [0.05, 0.1) is 6.61 Å². The maximum absolute atomic E-state index is 12.8. The molecule has 1 N–H and O–H groups in total. The SMILES string of the molecule is CN(Cc1ccccc1)S(=O)(=O)N1CCCCCC1CO. The molecule has 0 bridgehead atoms. The van der Waals surface area contributed by atoms with E-state index in [2.05, 4.69) is 0 Å². The van der Waals surface area contributed by atoms with Gasteiger partial charge in [0.2, 0.25) is 0 Å². The Morgan fingerprint density at radius 3 is 2.62 bits per heavy atom. The van der Waals surface area contributed by atoms with Gasteiger partial charge in [0.15, 0.2) is 0 Å². The molecule has 1 aliphatic rings. The normalized spacial score (nSPS) is 21.4. The lowest BCUT2D eigenvalue weighted by molar-refractivity contribution is 0.180. The first-order chi connectivity index (χ1) is 10.1. The van der Waals surface area contributed by atoms with E-state index in [0.717, 1.165) is 31.2 Å². The van der Waals surface area contributed by atoms with Crippen LogP contribution in [0, 0.1) is 0 Å². The molecule has 21 heavy (non-hydrogen) atoms. The fourth-order valence-corrected chi connectivity index (χ4v) is 4.32. The van der Waals surface area contributed by atoms with Gasteiger partial charge in [0.25, 0.3) is 10.2 Å². The molecule has 0 saturated carbocycles. The van der Waals surface area contributed by atoms with Crippen LogP contribution in [-0.2, 0) is 16.8 Å². The summed E-state index contributed by atoms with van der Waals surface area (Å²) in [7, 11) is -1.94. The largest absolute Gasteiger partial charge is 0.395 e. The molecule has 0 aliphatic carbocycles. The van der Waals surface area contributed by atoms with E-state index in [-0.39, 0.29) is 12.6 Å². The number of aliphatic hydroxyl groups excluding tert-OH is 1. The standard InChI is InChI=1S/C15H24N2O3S/c1-16(12-14-8-4-2-5-9-14)21(19,20)17-11-7-3-6-10-15(17)13-18/h2,4-5,8-9,15,18H,3,6-7,10-13H2,1H3. The average molecular weight is 312 g/mol. The van der Waals surface area contributed by atoms with Crippen LogP contribution in [0.4, 0.5) is 0 Å². The third-order valence-electron chi connectivity index (χ3n) is 3.97. The lowest BCUT2D eigenvalue weighted by atomic mass is 10.1. The summed E-state index contributed by atoms with van der Waals surface area (Å²) >= 11 is 0. The second-order valence-electron chi connectivity index (χ2n) is 5.55. The predicted molar refractivity (Wildman–Crippen MR) is 82.9 cm³/mol. The number of hydrogen-bond acceptors (Lipinski definition) is 3. The molecule has 5 nitrogen and oxygen atoms in total. The number of aliphatic hydroxyl groups is 1. The van der Waals surface area contributed by atoms with Crippen molar-refractivity contribution in [2.75, 3.05) is 20.2 Å². The summed E-state index contributed by atoms with van der Waals surface area (Å²) in [5.74, 6) is 0. The molecule has 1 aromatic carbocycles. The summed E-state index contributed by atoms with van der Waals surface area (Å²) in [5.41, 5.74) is 0.957. The summed E-state index contributed by atoms with van der Waals surface area (Å²) in [6.07, 6.45) is 3.58. The van der Waals surface area contributed by atoms with Crippen molar-refractivity contribution in [1.29, 1.82) is 0 Å². The summed E-state index contributed by atoms with van der Waals surface area (Å²) in [5, 5.41) is 9.50. The maximum Gasteiger partial charge on any atom is 0.282 e. The van der Waals surface area contributed by atoms with Crippen LogP contribution in [0.15, 0.2) is 30.3 Å². The van der Waals surface area contributed by atoms with Gasteiger partial charge in [-0.25, -0.2) is 0 Å². The minimum atomic E-state index is -3.54. The van der Waals surface area contributed by atoms with Crippen LogP contribution in [-0.4, -0.2) is 48.4 Å². The predicted octanol–water partition coefficient (Wildman–Crippen LogP) is 1.60. The molecule has 1 heterocycles. The molecule has 1 aromatic rings. The van der Waals surface area contributed by atoms with Gasteiger partial charge in [-0.1, -0.05) is 43.2 Å². The number of benzene rings is 1. The van der Waals surface area contributed by atoms with Crippen LogP contribution < -0.4 is 0 Å². The van der Waals surface area contributed by atoms with Crippen molar-refractivity contribution in [2.24, 2.45) is 0 Å². The van der Waals surface area contributed by atoms with Crippen LogP contribution in [0.3, 0.4) is 0 Å². The van der Waals surface area contributed by atoms with Gasteiger partial charge in [-0.15, -0.1) is 0 Å². The molecule has 2 rings (SSSR count). The quantitative estimate of drug-likeness (QED) is 0.898. The summed E-state index contributed by atoms with van der Waals surface area (Å²) in [6, 6.07) is 9.25. The molecular weight excluding hydrogens is 288 g/mol. The second kappa shape index (κ2) is 7.35. The Hall–Kier alpha value is -0.950. The van der Waals surface area contributed by atoms with Crippen molar-refractivity contribution < 1.29 is 13.5 Å². The van der Waals surface area contributed by atoms with Crippen molar-refractivity contribution in [3.63, 3.8) is 0 Å². The minimum absolute atomic E-state index is 0.113. The van der Waals surface area contributed by atoms with Gasteiger partial charge in [-0.2, -0.15) is 17.0 Å². The number of rotatable bonds is 5. The highest BCUT2D eigenvalue weighted by atomic mass is 32.2. The Balaban J connectivity index is 2.14. The third kappa shape index (κ3) is 4.03. The summed E-state index contributed by atoms with van der Waals surface area (Å²) in [6.45, 7) is 0.725. The van der Waals surface area contributed by atoms with E-state index in [1.165, 1.54) is 8.61 Å². The Labute approximate surface area is 127 Å².